The van der Waals surface area contributed by atoms with Crippen molar-refractivity contribution in [1.82, 2.24) is 0 Å². The molecule has 0 bridgehead atoms. The number of hydrogen-bond acceptors (Lipinski definition) is 2. The van der Waals surface area contributed by atoms with Crippen LogP contribution in [0.3, 0.4) is 0 Å². The molecule has 2 aromatic carbocycles. The van der Waals surface area contributed by atoms with Gasteiger partial charge in [0, 0.05) is 7.11 Å². The number of ether oxygens (including phenoxy) is 2. The van der Waals surface area contributed by atoms with E-state index in [2.05, 4.69) is 19.1 Å². The monoisotopic (exact) mass is 232 g/mol. The van der Waals surface area contributed by atoms with Crippen LogP contribution in [-0.4, -0.2) is 13.9 Å². The zero-order valence-corrected chi connectivity index (χ0v) is 11.0. The fourth-order valence-corrected chi connectivity index (χ4v) is 1.68. The molecule has 0 atom stereocenters. The second-order valence-corrected chi connectivity index (χ2v) is 3.51. The first-order valence-electron chi connectivity index (χ1n) is 5.92. The number of fused-ring (bicyclic) bond motifs is 1. The molecule has 0 saturated heterocycles. The second kappa shape index (κ2) is 6.92. The van der Waals surface area contributed by atoms with Gasteiger partial charge in [-0.1, -0.05) is 38.1 Å². The lowest BCUT2D eigenvalue weighted by molar-refractivity contribution is 0.0512. The van der Waals surface area contributed by atoms with Crippen molar-refractivity contribution in [3.8, 4) is 5.75 Å². The van der Waals surface area contributed by atoms with Gasteiger partial charge >= 0.3 is 0 Å². The average molecular weight is 232 g/mol. The van der Waals surface area contributed by atoms with Gasteiger partial charge < -0.3 is 9.47 Å². The summed E-state index contributed by atoms with van der Waals surface area (Å²) in [6.07, 6.45) is 0. The number of benzene rings is 2. The van der Waals surface area contributed by atoms with Gasteiger partial charge in [-0.25, -0.2) is 0 Å². The Morgan fingerprint density at radius 2 is 1.76 bits per heavy atom. The first-order chi connectivity index (χ1) is 8.31. The number of methoxy groups -OCH3 is 1. The summed E-state index contributed by atoms with van der Waals surface area (Å²) >= 11 is 0. The molecule has 0 radical (unpaired) electrons. The van der Waals surface area contributed by atoms with Crippen LogP contribution in [0.5, 0.6) is 5.75 Å². The Kier molecular flexibility index (Phi) is 5.50. The van der Waals surface area contributed by atoms with Crippen molar-refractivity contribution in [1.29, 1.82) is 0 Å². The molecular formula is C15H20O2. The van der Waals surface area contributed by atoms with Gasteiger partial charge in [0.25, 0.3) is 0 Å². The maximum absolute atomic E-state index is 5.42. The highest BCUT2D eigenvalue weighted by Crippen LogP contribution is 2.24. The molecule has 0 aromatic heterocycles. The van der Waals surface area contributed by atoms with Gasteiger partial charge in [-0.15, -0.1) is 0 Å². The molecule has 0 aliphatic heterocycles. The van der Waals surface area contributed by atoms with Gasteiger partial charge in [0.2, 0.25) is 0 Å². The number of hydrogen-bond donors (Lipinski definition) is 0. The summed E-state index contributed by atoms with van der Waals surface area (Å²) in [4.78, 5) is 0. The molecule has 0 fully saturated rings. The van der Waals surface area contributed by atoms with Crippen molar-refractivity contribution in [3.63, 3.8) is 0 Å². The average Bonchev–Trinajstić information content (AvgIpc) is 2.39. The molecule has 0 N–H and O–H groups in total. The summed E-state index contributed by atoms with van der Waals surface area (Å²) in [6, 6.07) is 12.3. The molecule has 2 aromatic rings. The normalized spacial score (nSPS) is 9.65. The predicted molar refractivity (Wildman–Crippen MR) is 72.5 cm³/mol. The largest absolute Gasteiger partial charge is 0.468 e. The topological polar surface area (TPSA) is 18.5 Å². The molecule has 0 aliphatic rings. The minimum absolute atomic E-state index is 0.289. The van der Waals surface area contributed by atoms with E-state index in [1.165, 1.54) is 16.3 Å². The van der Waals surface area contributed by atoms with Gasteiger partial charge in [0.05, 0.1) is 0 Å². The van der Waals surface area contributed by atoms with E-state index in [0.717, 1.165) is 5.75 Å². The Bertz CT molecular complexity index is 463. The van der Waals surface area contributed by atoms with Crippen LogP contribution >= 0.6 is 0 Å². The van der Waals surface area contributed by atoms with E-state index in [0.29, 0.717) is 0 Å². The summed E-state index contributed by atoms with van der Waals surface area (Å²) in [7, 11) is 1.62. The molecule has 0 unspecified atom stereocenters. The molecular weight excluding hydrogens is 212 g/mol. The van der Waals surface area contributed by atoms with Crippen LogP contribution in [0.4, 0.5) is 0 Å². The maximum atomic E-state index is 5.42. The van der Waals surface area contributed by atoms with E-state index in [1.807, 2.05) is 38.1 Å². The highest BCUT2D eigenvalue weighted by atomic mass is 16.7. The summed E-state index contributed by atoms with van der Waals surface area (Å²) in [5, 5.41) is 2.46. The van der Waals surface area contributed by atoms with Crippen molar-refractivity contribution in [3.05, 3.63) is 42.0 Å². The van der Waals surface area contributed by atoms with Crippen molar-refractivity contribution in [2.45, 2.75) is 20.8 Å². The van der Waals surface area contributed by atoms with Crippen LogP contribution in [0.1, 0.15) is 19.4 Å². The molecule has 0 saturated carbocycles. The van der Waals surface area contributed by atoms with Crippen LogP contribution in [-0.2, 0) is 4.74 Å². The smallest absolute Gasteiger partial charge is 0.188 e. The maximum Gasteiger partial charge on any atom is 0.188 e. The third-order valence-electron chi connectivity index (χ3n) is 2.39. The molecule has 0 amide bonds. The molecule has 92 valence electrons. The van der Waals surface area contributed by atoms with E-state index >= 15 is 0 Å². The lowest BCUT2D eigenvalue weighted by Crippen LogP contribution is -1.98. The van der Waals surface area contributed by atoms with Crippen LogP contribution in [0.15, 0.2) is 36.4 Å². The molecule has 0 aliphatic carbocycles. The Labute approximate surface area is 103 Å². The number of rotatable bonds is 3. The summed E-state index contributed by atoms with van der Waals surface area (Å²) < 4.78 is 10.3. The lowest BCUT2D eigenvalue weighted by atomic mass is 10.1. The summed E-state index contributed by atoms with van der Waals surface area (Å²) in [6.45, 7) is 6.37. The third kappa shape index (κ3) is 3.46. The lowest BCUT2D eigenvalue weighted by Gasteiger charge is -2.08. The van der Waals surface area contributed by atoms with E-state index in [9.17, 15) is 0 Å². The van der Waals surface area contributed by atoms with E-state index in [1.54, 1.807) is 7.11 Å². The third-order valence-corrected chi connectivity index (χ3v) is 2.39. The standard InChI is InChI=1S/C13H14O2.C2H6/c1-10-7-12(15-9-14-2)8-11-5-3-4-6-13(10)11;1-2/h3-8H,9H2,1-2H3;1-2H3. The molecule has 17 heavy (non-hydrogen) atoms. The zero-order valence-electron chi connectivity index (χ0n) is 11.0. The van der Waals surface area contributed by atoms with E-state index in [4.69, 9.17) is 9.47 Å². The van der Waals surface area contributed by atoms with E-state index in [-0.39, 0.29) is 6.79 Å². The van der Waals surface area contributed by atoms with Crippen LogP contribution in [0, 0.1) is 6.92 Å². The fourth-order valence-electron chi connectivity index (χ4n) is 1.68. The Balaban J connectivity index is 0.000000686. The first-order valence-corrected chi connectivity index (χ1v) is 5.92. The molecule has 2 nitrogen and oxygen atoms in total. The van der Waals surface area contributed by atoms with Crippen molar-refractivity contribution in [2.24, 2.45) is 0 Å². The Hall–Kier alpha value is -1.54. The first kappa shape index (κ1) is 13.5. The highest BCUT2D eigenvalue weighted by molar-refractivity contribution is 5.86. The molecule has 2 heteroatoms. The van der Waals surface area contributed by atoms with Crippen molar-refractivity contribution < 1.29 is 9.47 Å². The van der Waals surface area contributed by atoms with Gasteiger partial charge in [-0.05, 0) is 35.4 Å². The minimum atomic E-state index is 0.289. The SMILES string of the molecule is CC.COCOc1cc(C)c2ccccc2c1. The minimum Gasteiger partial charge on any atom is -0.468 e. The van der Waals surface area contributed by atoms with Crippen LogP contribution < -0.4 is 4.74 Å². The zero-order chi connectivity index (χ0) is 12.7. The number of aryl methyl sites for hydroxylation is 1. The summed E-state index contributed by atoms with van der Waals surface area (Å²) in [5.41, 5.74) is 1.22. The van der Waals surface area contributed by atoms with Gasteiger partial charge in [-0.3, -0.25) is 0 Å². The molecule has 2 rings (SSSR count). The van der Waals surface area contributed by atoms with Crippen LogP contribution in [0.2, 0.25) is 0 Å². The van der Waals surface area contributed by atoms with Gasteiger partial charge in [0.1, 0.15) is 5.75 Å². The Morgan fingerprint density at radius 1 is 1.06 bits per heavy atom. The van der Waals surface area contributed by atoms with Crippen molar-refractivity contribution >= 4 is 10.8 Å². The fraction of sp³-hybridized carbons (Fsp3) is 0.333. The Morgan fingerprint density at radius 3 is 2.47 bits per heavy atom. The highest BCUT2D eigenvalue weighted by Gasteiger charge is 2.00. The van der Waals surface area contributed by atoms with Crippen LogP contribution in [0.25, 0.3) is 10.8 Å². The van der Waals surface area contributed by atoms with Gasteiger partial charge in [0.15, 0.2) is 6.79 Å². The van der Waals surface area contributed by atoms with Crippen molar-refractivity contribution in [2.75, 3.05) is 13.9 Å². The van der Waals surface area contributed by atoms with Gasteiger partial charge in [-0.2, -0.15) is 0 Å². The summed E-state index contributed by atoms with van der Waals surface area (Å²) in [5.74, 6) is 0.855. The predicted octanol–water partition coefficient (Wildman–Crippen LogP) is 4.16. The van der Waals surface area contributed by atoms with E-state index < -0.39 is 0 Å². The second-order valence-electron chi connectivity index (χ2n) is 3.51. The molecule has 0 spiro atoms. The quantitative estimate of drug-likeness (QED) is 0.740. The molecule has 0 heterocycles.